The van der Waals surface area contributed by atoms with Gasteiger partial charge in [0.25, 0.3) is 0 Å². The van der Waals surface area contributed by atoms with E-state index in [4.69, 9.17) is 0 Å². The zero-order valence-electron chi connectivity index (χ0n) is 6.11. The molecule has 0 amide bonds. The first-order chi connectivity index (χ1) is 4.31. The summed E-state index contributed by atoms with van der Waals surface area (Å²) in [6.07, 6.45) is 5.71. The van der Waals surface area contributed by atoms with Gasteiger partial charge in [-0.05, 0) is 38.1 Å². The molecule has 1 atom stereocenters. The fourth-order valence-corrected chi connectivity index (χ4v) is 1.96. The lowest BCUT2D eigenvalue weighted by Gasteiger charge is -2.27. The average Bonchev–Trinajstić information content (AvgIpc) is 2.49. The summed E-state index contributed by atoms with van der Waals surface area (Å²) in [5.74, 6) is 0.980. The molecule has 2 fully saturated rings. The van der Waals surface area contributed by atoms with Gasteiger partial charge in [-0.1, -0.05) is 6.92 Å². The Morgan fingerprint density at radius 2 is 2.22 bits per heavy atom. The van der Waals surface area contributed by atoms with Gasteiger partial charge in [0, 0.05) is 5.54 Å². The summed E-state index contributed by atoms with van der Waals surface area (Å²) in [4.78, 5) is 0. The Kier molecular flexibility index (Phi) is 1.10. The molecule has 1 unspecified atom stereocenters. The van der Waals surface area contributed by atoms with E-state index in [0.29, 0.717) is 5.54 Å². The van der Waals surface area contributed by atoms with Gasteiger partial charge in [-0.2, -0.15) is 0 Å². The second kappa shape index (κ2) is 1.72. The predicted octanol–water partition coefficient (Wildman–Crippen LogP) is 1.54. The van der Waals surface area contributed by atoms with Crippen LogP contribution >= 0.6 is 0 Å². The third-order valence-electron chi connectivity index (χ3n) is 2.73. The van der Waals surface area contributed by atoms with E-state index in [2.05, 4.69) is 12.2 Å². The number of hydrogen-bond acceptors (Lipinski definition) is 1. The quantitative estimate of drug-likeness (QED) is 0.518. The van der Waals surface area contributed by atoms with Crippen LogP contribution < -0.4 is 5.32 Å². The van der Waals surface area contributed by atoms with E-state index < -0.39 is 0 Å². The van der Waals surface area contributed by atoms with E-state index >= 15 is 0 Å². The smallest absolute Gasteiger partial charge is 0.0185 e. The summed E-state index contributed by atoms with van der Waals surface area (Å²) in [6.45, 7) is 3.64. The number of piperidine rings is 1. The number of hydrogen-bond donors (Lipinski definition) is 1. The van der Waals surface area contributed by atoms with Crippen molar-refractivity contribution in [3.05, 3.63) is 0 Å². The second-order valence-corrected chi connectivity index (χ2v) is 3.81. The van der Waals surface area contributed by atoms with Gasteiger partial charge in [0.05, 0.1) is 0 Å². The summed E-state index contributed by atoms with van der Waals surface area (Å²) in [7, 11) is 0. The van der Waals surface area contributed by atoms with Gasteiger partial charge in [0.2, 0.25) is 0 Å². The molecule has 1 N–H and O–H groups in total. The molecule has 2 rings (SSSR count). The van der Waals surface area contributed by atoms with Crippen LogP contribution in [0.25, 0.3) is 0 Å². The molecular formula is C8H15N. The minimum Gasteiger partial charge on any atom is -0.311 e. The van der Waals surface area contributed by atoms with Crippen LogP contribution in [0.4, 0.5) is 0 Å². The van der Waals surface area contributed by atoms with Crippen molar-refractivity contribution >= 4 is 0 Å². The summed E-state index contributed by atoms with van der Waals surface area (Å²) in [6, 6.07) is 0. The zero-order chi connectivity index (χ0) is 6.32. The van der Waals surface area contributed by atoms with Gasteiger partial charge < -0.3 is 5.32 Å². The van der Waals surface area contributed by atoms with Crippen molar-refractivity contribution in [2.75, 3.05) is 6.54 Å². The average molecular weight is 125 g/mol. The predicted molar refractivity (Wildman–Crippen MR) is 38.4 cm³/mol. The molecule has 0 radical (unpaired) electrons. The molecule has 0 aromatic carbocycles. The van der Waals surface area contributed by atoms with Crippen LogP contribution in [0.5, 0.6) is 0 Å². The molecule has 1 heteroatoms. The van der Waals surface area contributed by atoms with Crippen LogP contribution in [0.15, 0.2) is 0 Å². The summed E-state index contributed by atoms with van der Waals surface area (Å²) in [5.41, 5.74) is 0.650. The summed E-state index contributed by atoms with van der Waals surface area (Å²) >= 11 is 0. The fourth-order valence-electron chi connectivity index (χ4n) is 1.96. The first-order valence-corrected chi connectivity index (χ1v) is 4.06. The van der Waals surface area contributed by atoms with Crippen molar-refractivity contribution in [1.82, 2.24) is 5.32 Å². The lowest BCUT2D eigenvalue weighted by atomic mass is 9.93. The van der Waals surface area contributed by atoms with Crippen LogP contribution in [0.3, 0.4) is 0 Å². The van der Waals surface area contributed by atoms with Crippen molar-refractivity contribution in [2.24, 2.45) is 5.92 Å². The van der Waals surface area contributed by atoms with Crippen molar-refractivity contribution < 1.29 is 0 Å². The highest BCUT2D eigenvalue weighted by Crippen LogP contribution is 2.43. The Morgan fingerprint density at radius 1 is 1.44 bits per heavy atom. The Morgan fingerprint density at radius 3 is 2.67 bits per heavy atom. The van der Waals surface area contributed by atoms with E-state index in [9.17, 15) is 0 Å². The van der Waals surface area contributed by atoms with Gasteiger partial charge in [0.15, 0.2) is 0 Å². The SMILES string of the molecule is CC1CCNC2(CC2)C1. The highest BCUT2D eigenvalue weighted by Gasteiger charge is 2.44. The van der Waals surface area contributed by atoms with Crippen molar-refractivity contribution in [2.45, 2.75) is 38.1 Å². The van der Waals surface area contributed by atoms with Crippen LogP contribution in [-0.4, -0.2) is 12.1 Å². The van der Waals surface area contributed by atoms with Crippen LogP contribution in [0, 0.1) is 5.92 Å². The van der Waals surface area contributed by atoms with E-state index in [-0.39, 0.29) is 0 Å². The monoisotopic (exact) mass is 125 g/mol. The first-order valence-electron chi connectivity index (χ1n) is 4.06. The standard InChI is InChI=1S/C8H15N/c1-7-2-5-9-8(6-7)3-4-8/h7,9H,2-6H2,1H3. The third kappa shape index (κ3) is 0.983. The van der Waals surface area contributed by atoms with Gasteiger partial charge in [-0.25, -0.2) is 0 Å². The molecule has 1 saturated carbocycles. The van der Waals surface area contributed by atoms with Gasteiger partial charge in [0.1, 0.15) is 0 Å². The van der Waals surface area contributed by atoms with Gasteiger partial charge in [-0.3, -0.25) is 0 Å². The van der Waals surface area contributed by atoms with Crippen LogP contribution in [0.2, 0.25) is 0 Å². The molecule has 2 aliphatic rings. The van der Waals surface area contributed by atoms with Crippen LogP contribution in [-0.2, 0) is 0 Å². The van der Waals surface area contributed by atoms with E-state index in [0.717, 1.165) is 5.92 Å². The largest absolute Gasteiger partial charge is 0.311 e. The Labute approximate surface area is 56.8 Å². The lowest BCUT2D eigenvalue weighted by molar-refractivity contribution is 0.305. The number of rotatable bonds is 0. The molecule has 1 spiro atoms. The molecule has 9 heavy (non-hydrogen) atoms. The third-order valence-corrected chi connectivity index (χ3v) is 2.73. The van der Waals surface area contributed by atoms with Gasteiger partial charge in [-0.15, -0.1) is 0 Å². The minimum atomic E-state index is 0.650. The van der Waals surface area contributed by atoms with Crippen molar-refractivity contribution in [3.8, 4) is 0 Å². The van der Waals surface area contributed by atoms with Crippen molar-refractivity contribution in [1.29, 1.82) is 0 Å². The van der Waals surface area contributed by atoms with E-state index in [1.54, 1.807) is 0 Å². The summed E-state index contributed by atoms with van der Waals surface area (Å²) in [5, 5.41) is 3.60. The molecule has 0 aromatic heterocycles. The van der Waals surface area contributed by atoms with Gasteiger partial charge >= 0.3 is 0 Å². The normalized spacial score (nSPS) is 39.0. The maximum Gasteiger partial charge on any atom is 0.0185 e. The highest BCUT2D eigenvalue weighted by molar-refractivity contribution is 5.04. The summed E-state index contributed by atoms with van der Waals surface area (Å²) < 4.78 is 0. The molecule has 52 valence electrons. The molecular weight excluding hydrogens is 110 g/mol. The number of nitrogens with one attached hydrogen (secondary N) is 1. The molecule has 1 nitrogen and oxygen atoms in total. The Bertz CT molecular complexity index is 116. The Hall–Kier alpha value is -0.0400. The molecule has 1 aliphatic heterocycles. The van der Waals surface area contributed by atoms with E-state index in [1.807, 2.05) is 0 Å². The highest BCUT2D eigenvalue weighted by atomic mass is 15.0. The Balaban J connectivity index is 1.96. The topological polar surface area (TPSA) is 12.0 Å². The first kappa shape index (κ1) is 5.72. The maximum absolute atomic E-state index is 3.60. The minimum absolute atomic E-state index is 0.650. The zero-order valence-corrected chi connectivity index (χ0v) is 6.11. The molecule has 1 heterocycles. The van der Waals surface area contributed by atoms with Crippen molar-refractivity contribution in [3.63, 3.8) is 0 Å². The van der Waals surface area contributed by atoms with E-state index in [1.165, 1.54) is 32.2 Å². The second-order valence-electron chi connectivity index (χ2n) is 3.81. The van der Waals surface area contributed by atoms with Crippen LogP contribution in [0.1, 0.15) is 32.6 Å². The molecule has 0 bridgehead atoms. The molecule has 1 aliphatic carbocycles. The lowest BCUT2D eigenvalue weighted by Crippen LogP contribution is -2.39. The molecule has 0 aromatic rings. The maximum atomic E-state index is 3.60. The molecule has 1 saturated heterocycles. The fraction of sp³-hybridized carbons (Fsp3) is 1.00.